The fourth-order valence-corrected chi connectivity index (χ4v) is 1.45. The molecule has 1 fully saturated rings. The van der Waals surface area contributed by atoms with E-state index in [0.717, 1.165) is 11.4 Å². The summed E-state index contributed by atoms with van der Waals surface area (Å²) in [7, 11) is 0. The number of rotatable bonds is 4. The zero-order valence-electron chi connectivity index (χ0n) is 8.60. The third-order valence-electron chi connectivity index (χ3n) is 2.53. The fourth-order valence-electron chi connectivity index (χ4n) is 1.45. The second-order valence-corrected chi connectivity index (χ2v) is 3.95. The average Bonchev–Trinajstić information content (AvgIpc) is 3.01. The zero-order chi connectivity index (χ0) is 10.8. The van der Waals surface area contributed by atoms with Gasteiger partial charge in [0, 0.05) is 23.5 Å². The van der Waals surface area contributed by atoms with Gasteiger partial charge in [0.2, 0.25) is 0 Å². The van der Waals surface area contributed by atoms with Crippen molar-refractivity contribution in [1.82, 2.24) is 4.98 Å². The Hall–Kier alpha value is -1.58. The van der Waals surface area contributed by atoms with Crippen LogP contribution in [0.1, 0.15) is 31.4 Å². The molecule has 4 heteroatoms. The molecule has 4 nitrogen and oxygen atoms in total. The Morgan fingerprint density at radius 1 is 1.67 bits per heavy atom. The van der Waals surface area contributed by atoms with Crippen molar-refractivity contribution in [3.63, 3.8) is 0 Å². The van der Waals surface area contributed by atoms with E-state index < -0.39 is 12.0 Å². The quantitative estimate of drug-likeness (QED) is 0.789. The molecule has 1 saturated carbocycles. The number of anilines is 1. The Morgan fingerprint density at radius 3 is 3.00 bits per heavy atom. The summed E-state index contributed by atoms with van der Waals surface area (Å²) in [5, 5.41) is 11.7. The topological polar surface area (TPSA) is 62.2 Å². The van der Waals surface area contributed by atoms with E-state index in [1.54, 1.807) is 19.2 Å². The molecular weight excluding hydrogens is 192 g/mol. The summed E-state index contributed by atoms with van der Waals surface area (Å²) in [5.41, 5.74) is 1.90. The van der Waals surface area contributed by atoms with Crippen LogP contribution < -0.4 is 5.32 Å². The molecular formula is C11H14N2O2. The Morgan fingerprint density at radius 2 is 2.40 bits per heavy atom. The van der Waals surface area contributed by atoms with Crippen molar-refractivity contribution in [3.05, 3.63) is 24.0 Å². The number of nitrogens with one attached hydrogen (secondary N) is 1. The molecule has 0 saturated heterocycles. The SMILES string of the molecule is CC(Nc1ccnc(C2CC2)c1)C(=O)O. The number of carboxylic acid groups (broad SMARTS) is 1. The van der Waals surface area contributed by atoms with Crippen molar-refractivity contribution >= 4 is 11.7 Å². The van der Waals surface area contributed by atoms with Crippen LogP contribution in [0.3, 0.4) is 0 Å². The van der Waals surface area contributed by atoms with Crippen LogP contribution in [0.15, 0.2) is 18.3 Å². The monoisotopic (exact) mass is 206 g/mol. The van der Waals surface area contributed by atoms with Gasteiger partial charge in [-0.1, -0.05) is 0 Å². The molecule has 80 valence electrons. The molecule has 15 heavy (non-hydrogen) atoms. The van der Waals surface area contributed by atoms with Gasteiger partial charge in [0.25, 0.3) is 0 Å². The Kier molecular flexibility index (Phi) is 2.58. The summed E-state index contributed by atoms with van der Waals surface area (Å²) in [6.45, 7) is 1.62. The van der Waals surface area contributed by atoms with Crippen LogP contribution in [0, 0.1) is 0 Å². The maximum absolute atomic E-state index is 10.7. The highest BCUT2D eigenvalue weighted by Crippen LogP contribution is 2.39. The highest BCUT2D eigenvalue weighted by molar-refractivity contribution is 5.76. The number of carboxylic acids is 1. The Labute approximate surface area is 88.3 Å². The van der Waals surface area contributed by atoms with E-state index in [1.807, 2.05) is 6.07 Å². The largest absolute Gasteiger partial charge is 0.480 e. The van der Waals surface area contributed by atoms with E-state index in [9.17, 15) is 4.79 Å². The summed E-state index contributed by atoms with van der Waals surface area (Å²) in [5.74, 6) is -0.258. The minimum absolute atomic E-state index is 0.570. The van der Waals surface area contributed by atoms with Gasteiger partial charge in [-0.2, -0.15) is 0 Å². The van der Waals surface area contributed by atoms with E-state index in [0.29, 0.717) is 5.92 Å². The van der Waals surface area contributed by atoms with Gasteiger partial charge in [-0.25, -0.2) is 0 Å². The first-order chi connectivity index (χ1) is 7.16. The maximum Gasteiger partial charge on any atom is 0.325 e. The van der Waals surface area contributed by atoms with E-state index in [2.05, 4.69) is 10.3 Å². The van der Waals surface area contributed by atoms with Crippen molar-refractivity contribution in [2.75, 3.05) is 5.32 Å². The fraction of sp³-hybridized carbons (Fsp3) is 0.455. The molecule has 0 bridgehead atoms. The van der Waals surface area contributed by atoms with Crippen LogP contribution in [0.4, 0.5) is 5.69 Å². The molecule has 0 amide bonds. The van der Waals surface area contributed by atoms with Crippen LogP contribution in [0.2, 0.25) is 0 Å². The number of aliphatic carboxylic acids is 1. The number of pyridine rings is 1. The first-order valence-corrected chi connectivity index (χ1v) is 5.12. The zero-order valence-corrected chi connectivity index (χ0v) is 8.60. The van der Waals surface area contributed by atoms with Crippen molar-refractivity contribution < 1.29 is 9.90 Å². The lowest BCUT2D eigenvalue weighted by Crippen LogP contribution is -2.25. The van der Waals surface area contributed by atoms with Gasteiger partial charge in [-0.05, 0) is 31.9 Å². The molecule has 1 aromatic rings. The summed E-state index contributed by atoms with van der Waals surface area (Å²) in [6, 6.07) is 3.17. The minimum Gasteiger partial charge on any atom is -0.480 e. The molecule has 0 aliphatic heterocycles. The molecule has 1 heterocycles. The number of hydrogen-bond donors (Lipinski definition) is 2. The molecule has 0 spiro atoms. The van der Waals surface area contributed by atoms with Crippen LogP contribution in [0.5, 0.6) is 0 Å². The first-order valence-electron chi connectivity index (χ1n) is 5.12. The van der Waals surface area contributed by atoms with Crippen molar-refractivity contribution in [3.8, 4) is 0 Å². The molecule has 1 unspecified atom stereocenters. The smallest absolute Gasteiger partial charge is 0.325 e. The molecule has 1 aromatic heterocycles. The molecule has 1 aliphatic rings. The highest BCUT2D eigenvalue weighted by Gasteiger charge is 2.25. The molecule has 1 atom stereocenters. The molecule has 0 radical (unpaired) electrons. The number of hydrogen-bond acceptors (Lipinski definition) is 3. The van der Waals surface area contributed by atoms with Crippen LogP contribution in [-0.4, -0.2) is 22.1 Å². The molecule has 1 aliphatic carbocycles. The summed E-state index contributed by atoms with van der Waals surface area (Å²) >= 11 is 0. The lowest BCUT2D eigenvalue weighted by atomic mass is 10.2. The van der Waals surface area contributed by atoms with Gasteiger partial charge in [-0.3, -0.25) is 9.78 Å². The predicted octanol–water partition coefficient (Wildman–Crippen LogP) is 1.84. The summed E-state index contributed by atoms with van der Waals surface area (Å²) in [4.78, 5) is 14.9. The first kappa shape index (κ1) is 9.96. The maximum atomic E-state index is 10.7. The van der Waals surface area contributed by atoms with E-state index in [1.165, 1.54) is 12.8 Å². The van der Waals surface area contributed by atoms with Crippen molar-refractivity contribution in [2.24, 2.45) is 0 Å². The Balaban J connectivity index is 2.07. The standard InChI is InChI=1S/C11H14N2O2/c1-7(11(14)15)13-9-4-5-12-10(6-9)8-2-3-8/h4-8H,2-3H2,1H3,(H,12,13)(H,14,15). The van der Waals surface area contributed by atoms with Crippen LogP contribution in [0.25, 0.3) is 0 Å². The van der Waals surface area contributed by atoms with Gasteiger partial charge in [0.05, 0.1) is 0 Å². The van der Waals surface area contributed by atoms with E-state index in [-0.39, 0.29) is 0 Å². The molecule has 2 rings (SSSR count). The normalized spacial score (nSPS) is 17.1. The minimum atomic E-state index is -0.847. The third kappa shape index (κ3) is 2.46. The second-order valence-electron chi connectivity index (χ2n) is 3.95. The highest BCUT2D eigenvalue weighted by atomic mass is 16.4. The van der Waals surface area contributed by atoms with Crippen molar-refractivity contribution in [1.29, 1.82) is 0 Å². The second kappa shape index (κ2) is 3.88. The van der Waals surface area contributed by atoms with Gasteiger partial charge in [0.15, 0.2) is 0 Å². The van der Waals surface area contributed by atoms with Crippen molar-refractivity contribution in [2.45, 2.75) is 31.7 Å². The Bertz CT molecular complexity index is 375. The molecule has 0 aromatic carbocycles. The van der Waals surface area contributed by atoms with Crippen LogP contribution >= 0.6 is 0 Å². The van der Waals surface area contributed by atoms with Gasteiger partial charge >= 0.3 is 5.97 Å². The number of nitrogens with zero attached hydrogens (tertiary/aromatic N) is 1. The average molecular weight is 206 g/mol. The van der Waals surface area contributed by atoms with Gasteiger partial charge < -0.3 is 10.4 Å². The number of carbonyl (C=O) groups is 1. The predicted molar refractivity (Wildman–Crippen MR) is 56.9 cm³/mol. The van der Waals surface area contributed by atoms with Gasteiger partial charge in [0.1, 0.15) is 6.04 Å². The van der Waals surface area contributed by atoms with E-state index in [4.69, 9.17) is 5.11 Å². The summed E-state index contributed by atoms with van der Waals surface area (Å²) in [6.07, 6.45) is 4.13. The lowest BCUT2D eigenvalue weighted by molar-refractivity contribution is -0.137. The lowest BCUT2D eigenvalue weighted by Gasteiger charge is -2.11. The molecule has 2 N–H and O–H groups in total. The van der Waals surface area contributed by atoms with Gasteiger partial charge in [-0.15, -0.1) is 0 Å². The third-order valence-corrected chi connectivity index (χ3v) is 2.53. The van der Waals surface area contributed by atoms with E-state index >= 15 is 0 Å². The summed E-state index contributed by atoms with van der Waals surface area (Å²) < 4.78 is 0. The van der Waals surface area contributed by atoms with Crippen LogP contribution in [-0.2, 0) is 4.79 Å². The number of aromatic nitrogens is 1.